The van der Waals surface area contributed by atoms with Gasteiger partial charge in [-0.3, -0.25) is 9.69 Å². The summed E-state index contributed by atoms with van der Waals surface area (Å²) in [6, 6.07) is 1.83. The second-order valence-corrected chi connectivity index (χ2v) is 4.85. The fourth-order valence-electron chi connectivity index (χ4n) is 2.51. The zero-order chi connectivity index (χ0) is 13.9. The summed E-state index contributed by atoms with van der Waals surface area (Å²) in [5.41, 5.74) is 6.83. The molecule has 0 aliphatic heterocycles. The van der Waals surface area contributed by atoms with Gasteiger partial charge in [0.2, 0.25) is 0 Å². The van der Waals surface area contributed by atoms with Crippen molar-refractivity contribution in [3.8, 4) is 0 Å². The molecule has 1 heterocycles. The molecule has 0 aliphatic rings. The smallest absolute Gasteiger partial charge is 0.186 e. The van der Waals surface area contributed by atoms with E-state index in [-0.39, 0.29) is 5.78 Å². The van der Waals surface area contributed by atoms with Gasteiger partial charge in [0.15, 0.2) is 5.78 Å². The van der Waals surface area contributed by atoms with Crippen molar-refractivity contribution in [2.75, 3.05) is 19.8 Å². The first kappa shape index (κ1) is 14.6. The van der Waals surface area contributed by atoms with Crippen LogP contribution in [0.1, 0.15) is 42.6 Å². The third-order valence-corrected chi connectivity index (χ3v) is 3.86. The maximum atomic E-state index is 12.9. The van der Waals surface area contributed by atoms with Gasteiger partial charge in [-0.15, -0.1) is 0 Å². The third-order valence-electron chi connectivity index (χ3n) is 3.86. The summed E-state index contributed by atoms with van der Waals surface area (Å²) in [5.74, 6) is 0.397. The number of pyridine rings is 1. The van der Waals surface area contributed by atoms with Gasteiger partial charge >= 0.3 is 0 Å². The van der Waals surface area contributed by atoms with Crippen LogP contribution in [-0.4, -0.2) is 35.3 Å². The SMILES string of the molecule is CCC(CC)(C(=O)c1c(C)ccnc1N)N(C)C. The minimum Gasteiger partial charge on any atom is -0.383 e. The van der Waals surface area contributed by atoms with E-state index in [4.69, 9.17) is 5.73 Å². The molecular weight excluding hydrogens is 226 g/mol. The van der Waals surface area contributed by atoms with Gasteiger partial charge in [0.05, 0.1) is 11.1 Å². The molecule has 0 unspecified atom stereocenters. The summed E-state index contributed by atoms with van der Waals surface area (Å²) in [6.45, 7) is 5.96. The Labute approximate surface area is 109 Å². The van der Waals surface area contributed by atoms with Gasteiger partial charge in [-0.1, -0.05) is 13.8 Å². The molecule has 0 spiro atoms. The van der Waals surface area contributed by atoms with Crippen LogP contribution >= 0.6 is 0 Å². The first-order valence-corrected chi connectivity index (χ1v) is 6.34. The summed E-state index contributed by atoms with van der Waals surface area (Å²) in [7, 11) is 3.87. The van der Waals surface area contributed by atoms with E-state index in [1.54, 1.807) is 6.20 Å². The maximum absolute atomic E-state index is 12.9. The number of nitrogens with two attached hydrogens (primary N) is 1. The van der Waals surface area contributed by atoms with Crippen LogP contribution in [0.4, 0.5) is 5.82 Å². The van der Waals surface area contributed by atoms with Crippen LogP contribution in [0.3, 0.4) is 0 Å². The van der Waals surface area contributed by atoms with Crippen LogP contribution in [0.25, 0.3) is 0 Å². The van der Waals surface area contributed by atoms with Gasteiger partial charge in [-0.25, -0.2) is 4.98 Å². The number of likely N-dealkylation sites (N-methyl/N-ethyl adjacent to an activating group) is 1. The highest BCUT2D eigenvalue weighted by molar-refractivity contribution is 6.07. The number of hydrogen-bond donors (Lipinski definition) is 1. The third kappa shape index (κ3) is 2.25. The van der Waals surface area contributed by atoms with Crippen molar-refractivity contribution in [2.45, 2.75) is 39.2 Å². The zero-order valence-corrected chi connectivity index (χ0v) is 11.9. The van der Waals surface area contributed by atoms with Crippen molar-refractivity contribution in [3.63, 3.8) is 0 Å². The second kappa shape index (κ2) is 5.48. The monoisotopic (exact) mass is 249 g/mol. The normalized spacial score (nSPS) is 11.9. The number of ketones is 1. The molecule has 0 aromatic carbocycles. The van der Waals surface area contributed by atoms with Gasteiger partial charge in [0.1, 0.15) is 5.82 Å². The van der Waals surface area contributed by atoms with E-state index >= 15 is 0 Å². The Kier molecular flexibility index (Phi) is 4.46. The lowest BCUT2D eigenvalue weighted by Gasteiger charge is -2.37. The first-order valence-electron chi connectivity index (χ1n) is 6.34. The van der Waals surface area contributed by atoms with E-state index in [0.717, 1.165) is 18.4 Å². The van der Waals surface area contributed by atoms with Gasteiger partial charge in [0, 0.05) is 6.20 Å². The van der Waals surface area contributed by atoms with Crippen LogP contribution in [0.5, 0.6) is 0 Å². The Hall–Kier alpha value is -1.42. The maximum Gasteiger partial charge on any atom is 0.186 e. The number of aromatic nitrogens is 1. The Morgan fingerprint density at radius 1 is 1.39 bits per heavy atom. The van der Waals surface area contributed by atoms with Crippen molar-refractivity contribution in [1.82, 2.24) is 9.88 Å². The van der Waals surface area contributed by atoms with E-state index in [0.29, 0.717) is 11.4 Å². The molecule has 0 radical (unpaired) electrons. The fraction of sp³-hybridized carbons (Fsp3) is 0.571. The predicted molar refractivity (Wildman–Crippen MR) is 74.7 cm³/mol. The van der Waals surface area contributed by atoms with Gasteiger partial charge < -0.3 is 5.73 Å². The number of anilines is 1. The molecular formula is C14H23N3O. The van der Waals surface area contributed by atoms with Crippen molar-refractivity contribution in [3.05, 3.63) is 23.4 Å². The summed E-state index contributed by atoms with van der Waals surface area (Å²) >= 11 is 0. The van der Waals surface area contributed by atoms with E-state index in [1.807, 2.05) is 45.8 Å². The summed E-state index contributed by atoms with van der Waals surface area (Å²) in [4.78, 5) is 18.9. The lowest BCUT2D eigenvalue weighted by Crippen LogP contribution is -2.50. The number of aryl methyl sites for hydroxylation is 1. The zero-order valence-electron chi connectivity index (χ0n) is 11.9. The highest BCUT2D eigenvalue weighted by Crippen LogP contribution is 2.29. The molecule has 0 atom stereocenters. The lowest BCUT2D eigenvalue weighted by atomic mass is 9.82. The Morgan fingerprint density at radius 3 is 2.33 bits per heavy atom. The van der Waals surface area contributed by atoms with Crippen LogP contribution in [0, 0.1) is 6.92 Å². The van der Waals surface area contributed by atoms with E-state index in [9.17, 15) is 4.79 Å². The summed E-state index contributed by atoms with van der Waals surface area (Å²) in [5, 5.41) is 0. The Morgan fingerprint density at radius 2 is 1.94 bits per heavy atom. The minimum atomic E-state index is -0.498. The number of Topliss-reactive ketones (excluding diaryl/α,β-unsaturated/α-hetero) is 1. The van der Waals surface area contributed by atoms with Crippen LogP contribution in [-0.2, 0) is 0 Å². The molecule has 0 bridgehead atoms. The molecule has 2 N–H and O–H groups in total. The minimum absolute atomic E-state index is 0.0700. The lowest BCUT2D eigenvalue weighted by molar-refractivity contribution is 0.0656. The highest BCUT2D eigenvalue weighted by atomic mass is 16.1. The molecule has 4 nitrogen and oxygen atoms in total. The Bertz CT molecular complexity index is 416. The van der Waals surface area contributed by atoms with Crippen molar-refractivity contribution in [2.24, 2.45) is 0 Å². The predicted octanol–water partition coefficient (Wildman–Crippen LogP) is 2.28. The molecule has 0 saturated carbocycles. The van der Waals surface area contributed by atoms with E-state index in [2.05, 4.69) is 4.98 Å². The molecule has 1 aromatic rings. The molecule has 0 aliphatic carbocycles. The molecule has 1 rings (SSSR count). The average Bonchev–Trinajstić information content (AvgIpc) is 2.30. The molecule has 4 heteroatoms. The van der Waals surface area contributed by atoms with Crippen LogP contribution < -0.4 is 5.73 Å². The number of hydrogen-bond acceptors (Lipinski definition) is 4. The average molecular weight is 249 g/mol. The van der Waals surface area contributed by atoms with E-state index in [1.165, 1.54) is 0 Å². The van der Waals surface area contributed by atoms with Crippen molar-refractivity contribution in [1.29, 1.82) is 0 Å². The van der Waals surface area contributed by atoms with Crippen LogP contribution in [0.2, 0.25) is 0 Å². The topological polar surface area (TPSA) is 59.2 Å². The fourth-order valence-corrected chi connectivity index (χ4v) is 2.51. The Balaban J connectivity index is 3.36. The van der Waals surface area contributed by atoms with Gasteiger partial charge in [0.25, 0.3) is 0 Å². The molecule has 1 aromatic heterocycles. The second-order valence-electron chi connectivity index (χ2n) is 4.85. The standard InChI is InChI=1S/C14H23N3O/c1-6-14(7-2,17(4)5)12(18)11-10(3)8-9-16-13(11)15/h8-9H,6-7H2,1-5H3,(H2,15,16). The van der Waals surface area contributed by atoms with E-state index < -0.39 is 5.54 Å². The molecule has 0 saturated heterocycles. The largest absolute Gasteiger partial charge is 0.383 e. The number of carbonyl (C=O) groups excluding carboxylic acids is 1. The number of rotatable bonds is 5. The number of nitrogens with zero attached hydrogens (tertiary/aromatic N) is 2. The molecule has 0 amide bonds. The van der Waals surface area contributed by atoms with Gasteiger partial charge in [-0.05, 0) is 45.5 Å². The molecule has 18 heavy (non-hydrogen) atoms. The molecule has 100 valence electrons. The summed E-state index contributed by atoms with van der Waals surface area (Å²) < 4.78 is 0. The van der Waals surface area contributed by atoms with Crippen molar-refractivity contribution < 1.29 is 4.79 Å². The number of nitrogen functional groups attached to an aromatic ring is 1. The van der Waals surface area contributed by atoms with Crippen LogP contribution in [0.15, 0.2) is 12.3 Å². The number of carbonyl (C=O) groups is 1. The van der Waals surface area contributed by atoms with Gasteiger partial charge in [-0.2, -0.15) is 0 Å². The first-order chi connectivity index (χ1) is 8.40. The molecule has 0 fully saturated rings. The summed E-state index contributed by atoms with van der Waals surface area (Å²) in [6.07, 6.45) is 3.14. The highest BCUT2D eigenvalue weighted by Gasteiger charge is 2.39. The quantitative estimate of drug-likeness (QED) is 0.813. The van der Waals surface area contributed by atoms with Crippen molar-refractivity contribution >= 4 is 11.6 Å².